The van der Waals surface area contributed by atoms with E-state index in [1.807, 2.05) is 11.3 Å². The van der Waals surface area contributed by atoms with Crippen LogP contribution in [-0.4, -0.2) is 0 Å². The van der Waals surface area contributed by atoms with Crippen LogP contribution >= 0.6 is 11.3 Å². The zero-order chi connectivity index (χ0) is 38.6. The van der Waals surface area contributed by atoms with Gasteiger partial charge in [0.15, 0.2) is 0 Å². The Morgan fingerprint density at radius 2 is 1.14 bits per heavy atom. The summed E-state index contributed by atoms with van der Waals surface area (Å²) < 4.78 is 2.66. The second-order valence-electron chi connectivity index (χ2n) is 15.6. The van der Waals surface area contributed by atoms with Gasteiger partial charge in [0.2, 0.25) is 0 Å². The van der Waals surface area contributed by atoms with Gasteiger partial charge in [-0.05, 0) is 118 Å². The molecular formula is C56H41NS. The molecule has 1 aromatic heterocycles. The lowest BCUT2D eigenvalue weighted by Crippen LogP contribution is -2.29. The number of hydrogen-bond donors (Lipinski definition) is 0. The zero-order valence-corrected chi connectivity index (χ0v) is 33.2. The van der Waals surface area contributed by atoms with Gasteiger partial charge in [0.05, 0.1) is 11.1 Å². The number of rotatable bonds is 7. The lowest BCUT2D eigenvalue weighted by molar-refractivity contribution is 0.751. The molecule has 2 aliphatic carbocycles. The standard InChI is InChI=1S/C56H41NS/c1-38-23-30-44(31-24-38)56(43-15-6-3-7-16-43)50-19-10-8-18-48(50)55-51(56)20-12-21-52(55)57(45-32-25-40(26-33-45)39-13-4-2-5-14-39)46-34-27-41(28-35-46)42-29-36-54-49(37-42)47-17-9-11-22-53(47)58-54/h2,4-6,8-37H,3,7H2,1H3. The summed E-state index contributed by atoms with van der Waals surface area (Å²) in [6.45, 7) is 2.18. The van der Waals surface area contributed by atoms with Crippen molar-refractivity contribution in [3.8, 4) is 33.4 Å². The molecule has 8 aromatic carbocycles. The molecule has 0 saturated carbocycles. The van der Waals surface area contributed by atoms with E-state index in [0.29, 0.717) is 0 Å². The second kappa shape index (κ2) is 14.0. The summed E-state index contributed by atoms with van der Waals surface area (Å²) in [5.74, 6) is 0. The molecule has 1 nitrogen and oxygen atoms in total. The van der Waals surface area contributed by atoms with Crippen LogP contribution in [0, 0.1) is 6.92 Å². The molecule has 0 aliphatic heterocycles. The molecule has 276 valence electrons. The maximum Gasteiger partial charge on any atom is 0.0711 e. The molecule has 2 aliphatic rings. The van der Waals surface area contributed by atoms with E-state index in [1.54, 1.807) is 0 Å². The molecule has 0 radical (unpaired) electrons. The van der Waals surface area contributed by atoms with Crippen molar-refractivity contribution in [2.45, 2.75) is 25.2 Å². The van der Waals surface area contributed by atoms with Crippen molar-refractivity contribution < 1.29 is 0 Å². The van der Waals surface area contributed by atoms with Crippen molar-refractivity contribution in [1.82, 2.24) is 0 Å². The Labute approximate surface area is 344 Å². The van der Waals surface area contributed by atoms with Gasteiger partial charge in [-0.3, -0.25) is 0 Å². The molecule has 1 unspecified atom stereocenters. The molecule has 0 fully saturated rings. The highest BCUT2D eigenvalue weighted by atomic mass is 32.1. The molecular weight excluding hydrogens is 719 g/mol. The first-order valence-electron chi connectivity index (χ1n) is 20.3. The minimum absolute atomic E-state index is 0.441. The fourth-order valence-corrected chi connectivity index (χ4v) is 10.6. The Morgan fingerprint density at radius 3 is 1.90 bits per heavy atom. The smallest absolute Gasteiger partial charge is 0.0711 e. The summed E-state index contributed by atoms with van der Waals surface area (Å²) >= 11 is 1.87. The minimum Gasteiger partial charge on any atom is -0.310 e. The number of aryl methyl sites for hydroxylation is 1. The lowest BCUT2D eigenvalue weighted by atomic mass is 9.66. The Kier molecular flexibility index (Phi) is 8.34. The molecule has 0 saturated heterocycles. The topological polar surface area (TPSA) is 3.24 Å². The Morgan fingerprint density at radius 1 is 0.500 bits per heavy atom. The number of hydrogen-bond acceptors (Lipinski definition) is 2. The molecule has 1 atom stereocenters. The Hall–Kier alpha value is -6.74. The van der Waals surface area contributed by atoms with Gasteiger partial charge in [-0.1, -0.05) is 163 Å². The van der Waals surface area contributed by atoms with Gasteiger partial charge in [0.25, 0.3) is 0 Å². The van der Waals surface area contributed by atoms with Crippen LogP contribution in [-0.2, 0) is 5.41 Å². The quantitative estimate of drug-likeness (QED) is 0.156. The molecule has 11 rings (SSSR count). The van der Waals surface area contributed by atoms with Crippen LogP contribution in [0.25, 0.3) is 53.6 Å². The van der Waals surface area contributed by atoms with Crippen LogP contribution in [0.5, 0.6) is 0 Å². The highest BCUT2D eigenvalue weighted by molar-refractivity contribution is 7.25. The summed E-state index contributed by atoms with van der Waals surface area (Å²) in [5, 5.41) is 2.64. The summed E-state index contributed by atoms with van der Waals surface area (Å²) in [6, 6.07) is 70.0. The normalized spacial score (nSPS) is 15.6. The third kappa shape index (κ3) is 5.51. The van der Waals surface area contributed by atoms with Crippen molar-refractivity contribution in [1.29, 1.82) is 0 Å². The third-order valence-electron chi connectivity index (χ3n) is 12.3. The van der Waals surface area contributed by atoms with Gasteiger partial charge in [0, 0.05) is 37.1 Å². The second-order valence-corrected chi connectivity index (χ2v) is 16.7. The van der Waals surface area contributed by atoms with Gasteiger partial charge >= 0.3 is 0 Å². The van der Waals surface area contributed by atoms with Gasteiger partial charge in [-0.2, -0.15) is 0 Å². The summed E-state index contributed by atoms with van der Waals surface area (Å²) in [7, 11) is 0. The minimum atomic E-state index is -0.441. The average Bonchev–Trinajstić information content (AvgIpc) is 3.82. The van der Waals surface area contributed by atoms with Crippen LogP contribution in [0.1, 0.15) is 35.1 Å². The van der Waals surface area contributed by atoms with Gasteiger partial charge in [0.1, 0.15) is 0 Å². The molecule has 1 heterocycles. The highest BCUT2D eigenvalue weighted by Crippen LogP contribution is 2.60. The molecule has 2 heteroatoms. The largest absolute Gasteiger partial charge is 0.310 e. The first-order valence-corrected chi connectivity index (χ1v) is 21.1. The van der Waals surface area contributed by atoms with Gasteiger partial charge in [-0.15, -0.1) is 11.3 Å². The van der Waals surface area contributed by atoms with E-state index in [0.717, 1.165) is 24.2 Å². The van der Waals surface area contributed by atoms with Gasteiger partial charge in [-0.25, -0.2) is 0 Å². The fraction of sp³-hybridized carbons (Fsp3) is 0.0714. The Balaban J connectivity index is 1.11. The summed E-state index contributed by atoms with van der Waals surface area (Å²) in [6.07, 6.45) is 9.34. The van der Waals surface area contributed by atoms with Crippen LogP contribution in [0.2, 0.25) is 0 Å². The highest BCUT2D eigenvalue weighted by Gasteiger charge is 2.48. The number of benzene rings is 8. The average molecular weight is 760 g/mol. The van der Waals surface area contributed by atoms with Crippen LogP contribution in [0.3, 0.4) is 0 Å². The van der Waals surface area contributed by atoms with E-state index in [4.69, 9.17) is 0 Å². The van der Waals surface area contributed by atoms with Crippen molar-refractivity contribution in [2.75, 3.05) is 4.90 Å². The van der Waals surface area contributed by atoms with E-state index in [-0.39, 0.29) is 0 Å². The van der Waals surface area contributed by atoms with Crippen LogP contribution in [0.4, 0.5) is 17.1 Å². The maximum absolute atomic E-state index is 2.48. The number of thiophene rings is 1. The van der Waals surface area contributed by atoms with Gasteiger partial charge < -0.3 is 4.90 Å². The lowest BCUT2D eigenvalue weighted by Gasteiger charge is -2.36. The van der Waals surface area contributed by atoms with Crippen molar-refractivity contribution in [2.24, 2.45) is 0 Å². The van der Waals surface area contributed by atoms with Crippen molar-refractivity contribution in [3.05, 3.63) is 234 Å². The summed E-state index contributed by atoms with van der Waals surface area (Å²) in [5.41, 5.74) is 17.0. The first kappa shape index (κ1) is 34.5. The zero-order valence-electron chi connectivity index (χ0n) is 32.4. The van der Waals surface area contributed by atoms with E-state index in [9.17, 15) is 0 Å². The predicted molar refractivity (Wildman–Crippen MR) is 248 cm³/mol. The molecule has 0 bridgehead atoms. The monoisotopic (exact) mass is 759 g/mol. The molecule has 0 amide bonds. The summed E-state index contributed by atoms with van der Waals surface area (Å²) in [4.78, 5) is 2.47. The number of nitrogens with zero attached hydrogens (tertiary/aromatic N) is 1. The van der Waals surface area contributed by atoms with Crippen LogP contribution in [0.15, 0.2) is 212 Å². The molecule has 0 spiro atoms. The molecule has 9 aromatic rings. The Bertz CT molecular complexity index is 3040. The number of allylic oxidation sites excluding steroid dienone is 4. The van der Waals surface area contributed by atoms with Crippen molar-refractivity contribution in [3.63, 3.8) is 0 Å². The number of anilines is 3. The van der Waals surface area contributed by atoms with Crippen LogP contribution < -0.4 is 4.90 Å². The predicted octanol–water partition coefficient (Wildman–Crippen LogP) is 15.8. The fourth-order valence-electron chi connectivity index (χ4n) is 9.55. The first-order chi connectivity index (χ1) is 28.7. The molecule has 58 heavy (non-hydrogen) atoms. The van der Waals surface area contributed by atoms with E-state index in [2.05, 4.69) is 218 Å². The van der Waals surface area contributed by atoms with Crippen molar-refractivity contribution >= 4 is 48.6 Å². The SMILES string of the molecule is Cc1ccc(C2(C3=CCCC=C3)c3ccccc3-c3c(N(c4ccc(-c5ccccc5)cc4)c4ccc(-c5ccc6sc7ccccc7c6c5)cc4)cccc32)cc1. The van der Waals surface area contributed by atoms with E-state index in [1.165, 1.54) is 87.1 Å². The molecule has 0 N–H and O–H groups in total. The maximum atomic E-state index is 2.48. The van der Waals surface area contributed by atoms with E-state index >= 15 is 0 Å². The number of fused-ring (bicyclic) bond motifs is 6. The third-order valence-corrected chi connectivity index (χ3v) is 13.4. The van der Waals surface area contributed by atoms with E-state index < -0.39 is 5.41 Å².